The predicted octanol–water partition coefficient (Wildman–Crippen LogP) is 3.29. The number of urea groups is 1. The molecule has 1 atom stereocenters. The van der Waals surface area contributed by atoms with Gasteiger partial charge < -0.3 is 10.2 Å². The third-order valence-electron chi connectivity index (χ3n) is 6.14. The van der Waals surface area contributed by atoms with Crippen molar-refractivity contribution in [2.45, 2.75) is 64.0 Å². The van der Waals surface area contributed by atoms with Crippen molar-refractivity contribution in [3.05, 3.63) is 27.7 Å². The average molecular weight is 434 g/mol. The summed E-state index contributed by atoms with van der Waals surface area (Å²) in [4.78, 5) is 41.7. The molecular formula is C20H24BrN3O3. The number of carbonyl (C=O) groups excluding carboxylic acids is 3. The Morgan fingerprint density at radius 2 is 1.93 bits per heavy atom. The van der Waals surface area contributed by atoms with Gasteiger partial charge in [0.1, 0.15) is 11.6 Å². The van der Waals surface area contributed by atoms with E-state index in [1.807, 2.05) is 13.0 Å². The van der Waals surface area contributed by atoms with Crippen LogP contribution in [-0.4, -0.2) is 40.9 Å². The first-order chi connectivity index (χ1) is 12.8. The number of aryl methyl sites for hydroxylation is 2. The van der Waals surface area contributed by atoms with Crippen LogP contribution in [0.4, 0.5) is 10.5 Å². The van der Waals surface area contributed by atoms with Crippen molar-refractivity contribution < 1.29 is 14.4 Å². The summed E-state index contributed by atoms with van der Waals surface area (Å²) in [5, 5.41) is 2.86. The third-order valence-corrected chi connectivity index (χ3v) is 6.99. The highest BCUT2D eigenvalue weighted by Gasteiger charge is 2.55. The van der Waals surface area contributed by atoms with Gasteiger partial charge in [0.2, 0.25) is 5.91 Å². The van der Waals surface area contributed by atoms with Crippen molar-refractivity contribution >= 4 is 39.5 Å². The summed E-state index contributed by atoms with van der Waals surface area (Å²) in [7, 11) is 0. The number of imide groups is 1. The number of amides is 4. The number of benzene rings is 1. The topological polar surface area (TPSA) is 69.7 Å². The molecule has 6 nitrogen and oxygen atoms in total. The molecule has 1 saturated heterocycles. The quantitative estimate of drug-likeness (QED) is 0.727. The van der Waals surface area contributed by atoms with Crippen molar-refractivity contribution in [3.8, 4) is 0 Å². The number of hydrogen-bond acceptors (Lipinski definition) is 3. The van der Waals surface area contributed by atoms with Crippen LogP contribution in [0.25, 0.3) is 0 Å². The SMILES string of the molecule is Cc1cc2c(cc1Br)N(C(=O)[C@H](C)N1C(=O)NC3(CCCC3)C1=O)CCC2. The zero-order valence-corrected chi connectivity index (χ0v) is 17.3. The molecule has 1 aromatic rings. The maximum Gasteiger partial charge on any atom is 0.325 e. The number of hydrogen-bond donors (Lipinski definition) is 1. The number of halogens is 1. The van der Waals surface area contributed by atoms with E-state index in [1.54, 1.807) is 11.8 Å². The van der Waals surface area contributed by atoms with Gasteiger partial charge in [-0.15, -0.1) is 0 Å². The number of nitrogens with one attached hydrogen (secondary N) is 1. The molecule has 1 aliphatic carbocycles. The van der Waals surface area contributed by atoms with Crippen LogP contribution in [0.1, 0.15) is 50.2 Å². The van der Waals surface area contributed by atoms with E-state index in [0.29, 0.717) is 19.4 Å². The van der Waals surface area contributed by atoms with E-state index >= 15 is 0 Å². The first-order valence-corrected chi connectivity index (χ1v) is 10.4. The van der Waals surface area contributed by atoms with Crippen molar-refractivity contribution in [1.29, 1.82) is 0 Å². The second-order valence-corrected chi connectivity index (χ2v) is 8.75. The minimum Gasteiger partial charge on any atom is -0.323 e. The minimum atomic E-state index is -0.816. The first kappa shape index (κ1) is 18.5. The molecule has 0 unspecified atom stereocenters. The summed E-state index contributed by atoms with van der Waals surface area (Å²) in [5.41, 5.74) is 2.35. The minimum absolute atomic E-state index is 0.203. The lowest BCUT2D eigenvalue weighted by molar-refractivity contribution is -0.137. The molecule has 0 bridgehead atoms. The van der Waals surface area contributed by atoms with Gasteiger partial charge in [-0.2, -0.15) is 0 Å². The molecule has 1 saturated carbocycles. The van der Waals surface area contributed by atoms with Gasteiger partial charge >= 0.3 is 6.03 Å². The predicted molar refractivity (Wildman–Crippen MR) is 106 cm³/mol. The summed E-state index contributed by atoms with van der Waals surface area (Å²) in [6.45, 7) is 4.29. The molecule has 4 amide bonds. The lowest BCUT2D eigenvalue weighted by Gasteiger charge is -2.34. The maximum atomic E-state index is 13.3. The molecule has 1 N–H and O–H groups in total. The van der Waals surface area contributed by atoms with Crippen LogP contribution in [0.3, 0.4) is 0 Å². The Hall–Kier alpha value is -1.89. The number of nitrogens with zero attached hydrogens (tertiary/aromatic N) is 2. The van der Waals surface area contributed by atoms with Crippen LogP contribution in [0.2, 0.25) is 0 Å². The summed E-state index contributed by atoms with van der Waals surface area (Å²) >= 11 is 3.55. The molecule has 7 heteroatoms. The molecule has 0 aromatic heterocycles. The second kappa shape index (κ2) is 6.62. The van der Waals surface area contributed by atoms with Gasteiger partial charge in [0, 0.05) is 16.7 Å². The third kappa shape index (κ3) is 2.87. The van der Waals surface area contributed by atoms with E-state index in [-0.39, 0.29) is 11.8 Å². The van der Waals surface area contributed by atoms with Crippen LogP contribution >= 0.6 is 15.9 Å². The molecular weight excluding hydrogens is 410 g/mol. The fraction of sp³-hybridized carbons (Fsp3) is 0.550. The Kier molecular flexibility index (Phi) is 4.53. The fourth-order valence-corrected chi connectivity index (χ4v) is 4.94. The summed E-state index contributed by atoms with van der Waals surface area (Å²) < 4.78 is 0.952. The summed E-state index contributed by atoms with van der Waals surface area (Å²) in [5.74, 6) is -0.446. The molecule has 0 radical (unpaired) electrons. The van der Waals surface area contributed by atoms with Gasteiger partial charge in [-0.3, -0.25) is 9.59 Å². The standard InChI is InChI=1S/C20H24BrN3O3/c1-12-10-14-6-5-9-23(16(14)11-15(12)21)17(25)13(2)24-18(26)20(22-19(24)27)7-3-4-8-20/h10-11,13H,3-9H2,1-2H3,(H,22,27)/t13-/m0/s1. The summed E-state index contributed by atoms with van der Waals surface area (Å²) in [6.07, 6.45) is 4.97. The van der Waals surface area contributed by atoms with Gasteiger partial charge in [0.25, 0.3) is 5.91 Å². The molecule has 1 aromatic carbocycles. The lowest BCUT2D eigenvalue weighted by atomic mass is 9.97. The summed E-state index contributed by atoms with van der Waals surface area (Å²) in [6, 6.07) is 2.82. The van der Waals surface area contributed by atoms with Gasteiger partial charge in [0.15, 0.2) is 0 Å². The number of rotatable bonds is 2. The highest BCUT2D eigenvalue weighted by molar-refractivity contribution is 9.10. The van der Waals surface area contributed by atoms with Crippen molar-refractivity contribution in [2.24, 2.45) is 0 Å². The van der Waals surface area contributed by atoms with E-state index in [1.165, 1.54) is 0 Å². The van der Waals surface area contributed by atoms with E-state index in [0.717, 1.165) is 51.9 Å². The highest BCUT2D eigenvalue weighted by Crippen LogP contribution is 2.37. The Bertz CT molecular complexity index is 832. The zero-order chi connectivity index (χ0) is 19.3. The van der Waals surface area contributed by atoms with E-state index in [2.05, 4.69) is 27.3 Å². The number of anilines is 1. The molecule has 4 rings (SSSR count). The number of carbonyl (C=O) groups is 3. The van der Waals surface area contributed by atoms with E-state index in [9.17, 15) is 14.4 Å². The molecule has 27 heavy (non-hydrogen) atoms. The van der Waals surface area contributed by atoms with Crippen molar-refractivity contribution in [1.82, 2.24) is 10.2 Å². The normalized spacial score (nSPS) is 22.2. The van der Waals surface area contributed by atoms with Crippen LogP contribution < -0.4 is 10.2 Å². The number of fused-ring (bicyclic) bond motifs is 1. The first-order valence-electron chi connectivity index (χ1n) is 9.60. The fourth-order valence-electron chi connectivity index (χ4n) is 4.61. The van der Waals surface area contributed by atoms with Gasteiger partial charge in [-0.25, -0.2) is 9.69 Å². The average Bonchev–Trinajstić information content (AvgIpc) is 3.20. The molecule has 144 valence electrons. The molecule has 1 spiro atoms. The zero-order valence-electron chi connectivity index (χ0n) is 15.7. The van der Waals surface area contributed by atoms with Gasteiger partial charge in [-0.05, 0) is 56.7 Å². The smallest absolute Gasteiger partial charge is 0.323 e. The highest BCUT2D eigenvalue weighted by atomic mass is 79.9. The maximum absolute atomic E-state index is 13.3. The van der Waals surface area contributed by atoms with Crippen LogP contribution in [0.15, 0.2) is 16.6 Å². The Labute approximate surface area is 167 Å². The van der Waals surface area contributed by atoms with Gasteiger partial charge in [0.05, 0.1) is 0 Å². The molecule has 3 aliphatic rings. The van der Waals surface area contributed by atoms with Crippen LogP contribution in [0.5, 0.6) is 0 Å². The van der Waals surface area contributed by atoms with Crippen molar-refractivity contribution in [3.63, 3.8) is 0 Å². The van der Waals surface area contributed by atoms with Gasteiger partial charge in [-0.1, -0.05) is 34.8 Å². The second-order valence-electron chi connectivity index (χ2n) is 7.89. The largest absolute Gasteiger partial charge is 0.325 e. The molecule has 2 aliphatic heterocycles. The Morgan fingerprint density at radius 1 is 1.22 bits per heavy atom. The monoisotopic (exact) mass is 433 g/mol. The molecule has 2 heterocycles. The van der Waals surface area contributed by atoms with E-state index < -0.39 is 17.6 Å². The Morgan fingerprint density at radius 3 is 2.63 bits per heavy atom. The molecule has 2 fully saturated rings. The lowest BCUT2D eigenvalue weighted by Crippen LogP contribution is -2.52. The van der Waals surface area contributed by atoms with E-state index in [4.69, 9.17) is 0 Å². The van der Waals surface area contributed by atoms with Crippen LogP contribution in [0, 0.1) is 6.92 Å². The Balaban J connectivity index is 1.62. The van der Waals surface area contributed by atoms with Crippen molar-refractivity contribution in [2.75, 3.05) is 11.4 Å². The van der Waals surface area contributed by atoms with Crippen LogP contribution in [-0.2, 0) is 16.0 Å².